The smallest absolute Gasteiger partial charge is 0.262 e. The number of nitrogens with one attached hydrogen (secondary N) is 2. The van der Waals surface area contributed by atoms with Crippen LogP contribution in [0.4, 0.5) is 0 Å². The third kappa shape index (κ3) is 4.88. The second kappa shape index (κ2) is 9.67. The molecule has 162 valence electrons. The number of nitrogens with zero attached hydrogens (tertiary/aromatic N) is 3. The van der Waals surface area contributed by atoms with E-state index in [0.717, 1.165) is 68.9 Å². The molecule has 1 aliphatic carbocycles. The van der Waals surface area contributed by atoms with Crippen LogP contribution >= 0.6 is 11.3 Å². The molecule has 2 aliphatic rings. The van der Waals surface area contributed by atoms with E-state index in [1.54, 1.807) is 11.3 Å². The Balaban J connectivity index is 1.27. The minimum absolute atomic E-state index is 0.111. The minimum atomic E-state index is -0.384. The summed E-state index contributed by atoms with van der Waals surface area (Å²) in [6.45, 7) is 4.21. The second-order valence-electron chi connectivity index (χ2n) is 7.65. The minimum Gasteiger partial charge on any atom is -0.379 e. The first-order valence-electron chi connectivity index (χ1n) is 10.4. The topological polar surface area (TPSA) is 106 Å². The molecule has 2 N–H and O–H groups in total. The molecule has 0 unspecified atom stereocenters. The van der Waals surface area contributed by atoms with Crippen molar-refractivity contribution in [1.82, 2.24) is 25.1 Å². The lowest BCUT2D eigenvalue weighted by molar-refractivity contribution is -0.126. The maximum atomic E-state index is 12.9. The molecule has 0 radical (unpaired) electrons. The van der Waals surface area contributed by atoms with Gasteiger partial charge >= 0.3 is 0 Å². The highest BCUT2D eigenvalue weighted by Crippen LogP contribution is 2.33. The van der Waals surface area contributed by atoms with Crippen LogP contribution in [0.1, 0.15) is 23.3 Å². The number of amides is 2. The van der Waals surface area contributed by atoms with Crippen LogP contribution in [-0.2, 0) is 33.7 Å². The Morgan fingerprint density at radius 1 is 1.13 bits per heavy atom. The van der Waals surface area contributed by atoms with E-state index in [1.807, 2.05) is 0 Å². The maximum Gasteiger partial charge on any atom is 0.262 e. The number of ether oxygens (including phenoxy) is 1. The van der Waals surface area contributed by atoms with Gasteiger partial charge in [0, 0.05) is 31.1 Å². The van der Waals surface area contributed by atoms with Gasteiger partial charge < -0.3 is 15.4 Å². The number of carbonyl (C=O) groups excluding carboxylic acids is 2. The summed E-state index contributed by atoms with van der Waals surface area (Å²) >= 11 is 1.59. The Kier molecular flexibility index (Phi) is 6.76. The highest BCUT2D eigenvalue weighted by molar-refractivity contribution is 7.18. The first kappa shape index (κ1) is 21.0. The van der Waals surface area contributed by atoms with Gasteiger partial charge in [0.05, 0.1) is 31.5 Å². The van der Waals surface area contributed by atoms with Crippen LogP contribution in [0.3, 0.4) is 0 Å². The number of hydrogen-bond acceptors (Lipinski definition) is 7. The van der Waals surface area contributed by atoms with Crippen molar-refractivity contribution in [3.63, 3.8) is 0 Å². The van der Waals surface area contributed by atoms with Crippen molar-refractivity contribution in [2.24, 2.45) is 0 Å². The first-order chi connectivity index (χ1) is 14.6. The number of thiophene rings is 1. The van der Waals surface area contributed by atoms with Gasteiger partial charge in [-0.1, -0.05) is 0 Å². The van der Waals surface area contributed by atoms with Crippen molar-refractivity contribution in [2.75, 3.05) is 45.9 Å². The van der Waals surface area contributed by atoms with Gasteiger partial charge in [-0.2, -0.15) is 0 Å². The third-order valence-electron chi connectivity index (χ3n) is 5.56. The van der Waals surface area contributed by atoms with Crippen LogP contribution in [0.2, 0.25) is 0 Å². The molecule has 30 heavy (non-hydrogen) atoms. The molecular formula is C20H27N5O4S. The number of rotatable bonds is 7. The Bertz CT molecular complexity index is 979. The fraction of sp³-hybridized carbons (Fsp3) is 0.600. The summed E-state index contributed by atoms with van der Waals surface area (Å²) in [5.74, 6) is -0.630. The molecule has 0 bridgehead atoms. The highest BCUT2D eigenvalue weighted by Gasteiger charge is 2.20. The fourth-order valence-corrected chi connectivity index (χ4v) is 5.14. The Morgan fingerprint density at radius 2 is 1.93 bits per heavy atom. The van der Waals surface area contributed by atoms with Crippen LogP contribution in [-0.4, -0.2) is 72.2 Å². The molecule has 0 spiro atoms. The van der Waals surface area contributed by atoms with Gasteiger partial charge in [0.2, 0.25) is 11.8 Å². The predicted octanol–water partition coefficient (Wildman–Crippen LogP) is -0.0986. The van der Waals surface area contributed by atoms with Gasteiger partial charge in [0.25, 0.3) is 5.56 Å². The summed E-state index contributed by atoms with van der Waals surface area (Å²) in [5, 5.41) is 6.04. The molecule has 0 saturated carbocycles. The molecule has 1 saturated heterocycles. The molecule has 1 aliphatic heterocycles. The summed E-state index contributed by atoms with van der Waals surface area (Å²) < 4.78 is 6.62. The zero-order valence-electron chi connectivity index (χ0n) is 16.9. The number of morpholine rings is 1. The van der Waals surface area contributed by atoms with E-state index in [9.17, 15) is 14.4 Å². The molecule has 2 amide bonds. The van der Waals surface area contributed by atoms with Crippen molar-refractivity contribution in [1.29, 1.82) is 0 Å². The fourth-order valence-electron chi connectivity index (χ4n) is 3.92. The summed E-state index contributed by atoms with van der Waals surface area (Å²) in [6.07, 6.45) is 5.54. The van der Waals surface area contributed by atoms with Crippen LogP contribution in [0.5, 0.6) is 0 Å². The van der Waals surface area contributed by atoms with Gasteiger partial charge in [0.15, 0.2) is 0 Å². The summed E-state index contributed by atoms with van der Waals surface area (Å²) in [7, 11) is 0. The number of fused-ring (bicyclic) bond motifs is 3. The van der Waals surface area contributed by atoms with E-state index in [0.29, 0.717) is 11.9 Å². The molecule has 0 aromatic carbocycles. The lowest BCUT2D eigenvalue weighted by Crippen LogP contribution is -2.44. The van der Waals surface area contributed by atoms with E-state index >= 15 is 0 Å². The molecule has 4 rings (SSSR count). The van der Waals surface area contributed by atoms with Crippen molar-refractivity contribution >= 4 is 33.4 Å². The van der Waals surface area contributed by atoms with Gasteiger partial charge in [-0.05, 0) is 31.2 Å². The van der Waals surface area contributed by atoms with E-state index in [4.69, 9.17) is 4.74 Å². The van der Waals surface area contributed by atoms with Gasteiger partial charge in [-0.15, -0.1) is 11.3 Å². The predicted molar refractivity (Wildman–Crippen MR) is 114 cm³/mol. The van der Waals surface area contributed by atoms with Crippen molar-refractivity contribution in [2.45, 2.75) is 32.2 Å². The number of carbonyl (C=O) groups is 2. The molecule has 3 heterocycles. The second-order valence-corrected chi connectivity index (χ2v) is 8.73. The average molecular weight is 434 g/mol. The maximum absolute atomic E-state index is 12.9. The van der Waals surface area contributed by atoms with Crippen LogP contribution in [0.15, 0.2) is 11.1 Å². The average Bonchev–Trinajstić information content (AvgIpc) is 3.14. The van der Waals surface area contributed by atoms with Crippen molar-refractivity contribution < 1.29 is 14.3 Å². The molecule has 2 aromatic rings. The molecule has 1 fully saturated rings. The summed E-state index contributed by atoms with van der Waals surface area (Å²) in [4.78, 5) is 45.7. The zero-order chi connectivity index (χ0) is 20.9. The lowest BCUT2D eigenvalue weighted by Gasteiger charge is -2.26. The number of aryl methyl sites for hydroxylation is 2. The van der Waals surface area contributed by atoms with E-state index < -0.39 is 0 Å². The van der Waals surface area contributed by atoms with Crippen LogP contribution in [0, 0.1) is 0 Å². The first-order valence-corrected chi connectivity index (χ1v) is 11.3. The van der Waals surface area contributed by atoms with Crippen LogP contribution < -0.4 is 16.2 Å². The van der Waals surface area contributed by atoms with Gasteiger partial charge in [0.1, 0.15) is 11.4 Å². The molecule has 0 atom stereocenters. The van der Waals surface area contributed by atoms with Crippen molar-refractivity contribution in [3.8, 4) is 0 Å². The van der Waals surface area contributed by atoms with Crippen LogP contribution in [0.25, 0.3) is 10.2 Å². The van der Waals surface area contributed by atoms with Crippen molar-refractivity contribution in [3.05, 3.63) is 27.1 Å². The normalized spacial score (nSPS) is 16.9. The largest absolute Gasteiger partial charge is 0.379 e. The SMILES string of the molecule is O=C(CNC(=O)Cn1cnc2sc3c(c2c1=O)CCCC3)NCCN1CCOCC1. The monoisotopic (exact) mass is 433 g/mol. The Morgan fingerprint density at radius 3 is 2.77 bits per heavy atom. The summed E-state index contributed by atoms with van der Waals surface area (Å²) in [6, 6.07) is 0. The van der Waals surface area contributed by atoms with Gasteiger partial charge in [-0.25, -0.2) is 4.98 Å². The summed E-state index contributed by atoms with van der Waals surface area (Å²) in [5.41, 5.74) is 0.928. The van der Waals surface area contributed by atoms with E-state index in [2.05, 4.69) is 20.5 Å². The zero-order valence-corrected chi connectivity index (χ0v) is 17.8. The molecule has 9 nitrogen and oxygen atoms in total. The number of hydrogen-bond donors (Lipinski definition) is 2. The van der Waals surface area contributed by atoms with E-state index in [1.165, 1.54) is 15.8 Å². The quantitative estimate of drug-likeness (QED) is 0.632. The lowest BCUT2D eigenvalue weighted by atomic mass is 9.97. The van der Waals surface area contributed by atoms with Gasteiger partial charge in [-0.3, -0.25) is 23.9 Å². The third-order valence-corrected chi connectivity index (χ3v) is 6.76. The Labute approximate surface area is 178 Å². The standard InChI is InChI=1S/C20H27N5O4S/c26-16(21-5-6-24-7-9-29-10-8-24)11-22-17(27)12-25-13-23-19-18(20(25)28)14-3-1-2-4-15(14)30-19/h13H,1-12H2,(H,21,26)(H,22,27). The highest BCUT2D eigenvalue weighted by atomic mass is 32.1. The number of aromatic nitrogens is 2. The molecular weight excluding hydrogens is 406 g/mol. The van der Waals surface area contributed by atoms with E-state index in [-0.39, 0.29) is 30.5 Å². The Hall–Kier alpha value is -2.30. The molecule has 2 aromatic heterocycles. The molecule has 10 heteroatoms.